The average molecular weight is 249 g/mol. The number of piperidine rings is 1. The summed E-state index contributed by atoms with van der Waals surface area (Å²) in [7, 11) is 4.24. The normalized spacial score (nSPS) is 16.8. The molecule has 1 saturated heterocycles. The molecular weight excluding hydrogens is 226 g/mol. The first-order chi connectivity index (χ1) is 8.65. The first-order valence-electron chi connectivity index (χ1n) is 6.32. The molecule has 100 valence electrons. The fourth-order valence-corrected chi connectivity index (χ4v) is 1.87. The van der Waals surface area contributed by atoms with E-state index in [0.29, 0.717) is 11.3 Å². The smallest absolute Gasteiger partial charge is 0.150 e. The summed E-state index contributed by atoms with van der Waals surface area (Å²) in [4.78, 5) is 12.5. The van der Waals surface area contributed by atoms with Crippen LogP contribution in [0.4, 0.5) is 5.69 Å². The molecule has 1 aromatic rings. The van der Waals surface area contributed by atoms with Crippen LogP contribution >= 0.6 is 0 Å². The number of likely N-dealkylation sites (tertiary alicyclic amines) is 1. The third kappa shape index (κ3) is 5.29. The Kier molecular flexibility index (Phi) is 6.39. The zero-order chi connectivity index (χ0) is 13.4. The molecule has 0 radical (unpaired) electrons. The minimum atomic E-state index is 0.657. The third-order valence-electron chi connectivity index (χ3n) is 3.20. The number of nitrogens with zero attached hydrogens (tertiary/aromatic N) is 1. The van der Waals surface area contributed by atoms with Gasteiger partial charge in [0.25, 0.3) is 0 Å². The molecule has 18 heavy (non-hydrogen) atoms. The van der Waals surface area contributed by atoms with E-state index in [2.05, 4.69) is 24.3 Å². The Morgan fingerprint density at radius 3 is 2.28 bits per heavy atom. The number of aldehydes is 1. The number of carbonyl (C=O) groups excluding carboxylic acids is 1. The predicted molar refractivity (Wildman–Crippen MR) is 75.8 cm³/mol. The van der Waals surface area contributed by atoms with Gasteiger partial charge in [0.1, 0.15) is 6.29 Å². The molecule has 0 saturated carbocycles. The minimum absolute atomic E-state index is 0.657. The van der Waals surface area contributed by atoms with Crippen molar-refractivity contribution in [2.24, 2.45) is 0 Å². The summed E-state index contributed by atoms with van der Waals surface area (Å²) < 4.78 is 0. The highest BCUT2D eigenvalue weighted by atomic mass is 16.1. The van der Waals surface area contributed by atoms with Crippen molar-refractivity contribution in [3.63, 3.8) is 0 Å². The number of nitrogens with one attached hydrogen (secondary N) is 1. The zero-order valence-corrected chi connectivity index (χ0v) is 11.2. The Morgan fingerprint density at radius 1 is 1.28 bits per heavy atom. The molecule has 1 fully saturated rings. The van der Waals surface area contributed by atoms with Crippen LogP contribution in [0.2, 0.25) is 0 Å². The molecule has 0 unspecified atom stereocenters. The maximum Gasteiger partial charge on any atom is 0.150 e. The van der Waals surface area contributed by atoms with E-state index in [-0.39, 0.29) is 0 Å². The van der Waals surface area contributed by atoms with Crippen molar-refractivity contribution in [3.8, 4) is 0 Å². The number of benzene rings is 1. The molecule has 0 atom stereocenters. The summed E-state index contributed by atoms with van der Waals surface area (Å²) in [5.74, 6) is 0. The Hall–Kier alpha value is -1.39. The van der Waals surface area contributed by atoms with Crippen molar-refractivity contribution in [3.05, 3.63) is 29.8 Å². The van der Waals surface area contributed by atoms with Crippen LogP contribution in [0, 0.1) is 0 Å². The summed E-state index contributed by atoms with van der Waals surface area (Å²) in [5, 5.41) is 3.30. The van der Waals surface area contributed by atoms with Crippen LogP contribution in [-0.2, 0) is 0 Å². The number of hydrogen-bond donors (Lipinski definition) is 2. The maximum atomic E-state index is 10.1. The molecule has 0 spiro atoms. The predicted octanol–water partition coefficient (Wildman–Crippen LogP) is 1.38. The van der Waals surface area contributed by atoms with Crippen LogP contribution in [0.3, 0.4) is 0 Å². The van der Waals surface area contributed by atoms with Gasteiger partial charge in [-0.25, -0.2) is 0 Å². The average Bonchev–Trinajstić information content (AvgIpc) is 2.41. The first-order valence-corrected chi connectivity index (χ1v) is 6.32. The topological polar surface area (TPSA) is 58.4 Å². The second kappa shape index (κ2) is 7.84. The number of carbonyl (C=O) groups is 1. The van der Waals surface area contributed by atoms with Gasteiger partial charge in [-0.15, -0.1) is 0 Å². The first kappa shape index (κ1) is 14.7. The van der Waals surface area contributed by atoms with Gasteiger partial charge in [-0.3, -0.25) is 4.79 Å². The number of nitrogen functional groups attached to an aromatic ring is 1. The second-order valence-electron chi connectivity index (χ2n) is 4.65. The summed E-state index contributed by atoms with van der Waals surface area (Å²) in [6.45, 7) is 2.51. The molecule has 1 aliphatic rings. The lowest BCUT2D eigenvalue weighted by Gasteiger charge is -2.28. The molecular formula is C14H23N3O. The van der Waals surface area contributed by atoms with Gasteiger partial charge in [-0.2, -0.15) is 0 Å². The van der Waals surface area contributed by atoms with Crippen molar-refractivity contribution >= 4 is 12.0 Å². The molecule has 0 bridgehead atoms. The van der Waals surface area contributed by atoms with Gasteiger partial charge in [0, 0.05) is 17.3 Å². The van der Waals surface area contributed by atoms with Gasteiger partial charge in [-0.1, -0.05) is 0 Å². The van der Waals surface area contributed by atoms with Gasteiger partial charge in [0.05, 0.1) is 0 Å². The van der Waals surface area contributed by atoms with Crippen molar-refractivity contribution in [2.45, 2.75) is 18.9 Å². The molecule has 1 heterocycles. The zero-order valence-electron chi connectivity index (χ0n) is 11.2. The quantitative estimate of drug-likeness (QED) is 0.614. The molecule has 4 nitrogen and oxygen atoms in total. The Bertz CT molecular complexity index is 343. The Morgan fingerprint density at radius 2 is 1.83 bits per heavy atom. The second-order valence-corrected chi connectivity index (χ2v) is 4.65. The van der Waals surface area contributed by atoms with Gasteiger partial charge >= 0.3 is 0 Å². The van der Waals surface area contributed by atoms with Gasteiger partial charge in [0.15, 0.2) is 0 Å². The largest absolute Gasteiger partial charge is 0.399 e. The van der Waals surface area contributed by atoms with Crippen LogP contribution in [0.15, 0.2) is 24.3 Å². The van der Waals surface area contributed by atoms with Crippen LogP contribution in [0.1, 0.15) is 23.2 Å². The van der Waals surface area contributed by atoms with Gasteiger partial charge < -0.3 is 16.0 Å². The van der Waals surface area contributed by atoms with Gasteiger partial charge in [0.2, 0.25) is 0 Å². The SMILES string of the molecule is CNC1CCN(C)CC1.Nc1ccc(C=O)cc1. The highest BCUT2D eigenvalue weighted by Crippen LogP contribution is 2.06. The lowest BCUT2D eigenvalue weighted by atomic mass is 10.1. The fraction of sp³-hybridized carbons (Fsp3) is 0.500. The highest BCUT2D eigenvalue weighted by molar-refractivity contribution is 5.75. The Labute approximate surface area is 109 Å². The van der Waals surface area contributed by atoms with E-state index in [0.717, 1.165) is 12.3 Å². The van der Waals surface area contributed by atoms with Crippen molar-refractivity contribution in [1.82, 2.24) is 10.2 Å². The standard InChI is InChI=1S/C7H16N2.C7H7NO/c1-8-7-3-5-9(2)6-4-7;8-7-3-1-6(5-9)2-4-7/h7-8H,3-6H2,1-2H3;1-5H,8H2. The molecule has 0 aliphatic carbocycles. The van der Waals surface area contributed by atoms with Gasteiger partial charge in [-0.05, 0) is 64.3 Å². The molecule has 0 amide bonds. The van der Waals surface area contributed by atoms with Crippen LogP contribution in [-0.4, -0.2) is 44.4 Å². The summed E-state index contributed by atoms with van der Waals surface area (Å²) in [5.41, 5.74) is 6.70. The summed E-state index contributed by atoms with van der Waals surface area (Å²) in [6.07, 6.45) is 3.42. The monoisotopic (exact) mass is 249 g/mol. The third-order valence-corrected chi connectivity index (χ3v) is 3.20. The number of anilines is 1. The summed E-state index contributed by atoms with van der Waals surface area (Å²) >= 11 is 0. The van der Waals surface area contributed by atoms with E-state index in [9.17, 15) is 4.79 Å². The van der Waals surface area contributed by atoms with E-state index < -0.39 is 0 Å². The highest BCUT2D eigenvalue weighted by Gasteiger charge is 2.13. The van der Waals surface area contributed by atoms with Crippen LogP contribution < -0.4 is 11.1 Å². The molecule has 3 N–H and O–H groups in total. The number of hydrogen-bond acceptors (Lipinski definition) is 4. The van der Waals surface area contributed by atoms with Crippen LogP contribution in [0.25, 0.3) is 0 Å². The Balaban J connectivity index is 0.000000180. The van der Waals surface area contributed by atoms with Crippen molar-refractivity contribution in [2.75, 3.05) is 32.9 Å². The lowest BCUT2D eigenvalue weighted by molar-refractivity contribution is 0.112. The van der Waals surface area contributed by atoms with Crippen molar-refractivity contribution < 1.29 is 4.79 Å². The summed E-state index contributed by atoms with van der Waals surface area (Å²) in [6, 6.07) is 7.54. The number of nitrogens with two attached hydrogens (primary N) is 1. The van der Waals surface area contributed by atoms with E-state index in [1.54, 1.807) is 24.3 Å². The fourth-order valence-electron chi connectivity index (χ4n) is 1.87. The minimum Gasteiger partial charge on any atom is -0.399 e. The van der Waals surface area contributed by atoms with Crippen LogP contribution in [0.5, 0.6) is 0 Å². The van der Waals surface area contributed by atoms with E-state index in [1.165, 1.54) is 25.9 Å². The molecule has 1 aromatic carbocycles. The van der Waals surface area contributed by atoms with E-state index in [4.69, 9.17) is 5.73 Å². The molecule has 1 aliphatic heterocycles. The van der Waals surface area contributed by atoms with Crippen molar-refractivity contribution in [1.29, 1.82) is 0 Å². The number of rotatable bonds is 2. The maximum absolute atomic E-state index is 10.1. The molecule has 2 rings (SSSR count). The molecule has 0 aromatic heterocycles. The molecule has 4 heteroatoms. The lowest BCUT2D eigenvalue weighted by Crippen LogP contribution is -2.39. The van der Waals surface area contributed by atoms with E-state index >= 15 is 0 Å². The van der Waals surface area contributed by atoms with E-state index in [1.807, 2.05) is 0 Å².